The van der Waals surface area contributed by atoms with E-state index < -0.39 is 5.66 Å². The Bertz CT molecular complexity index is 1030. The Balaban J connectivity index is 1.56. The first-order valence-corrected chi connectivity index (χ1v) is 10.5. The predicted molar refractivity (Wildman–Crippen MR) is 116 cm³/mol. The van der Waals surface area contributed by atoms with Crippen molar-refractivity contribution in [3.63, 3.8) is 0 Å². The second-order valence-electron chi connectivity index (χ2n) is 8.18. The van der Waals surface area contributed by atoms with Crippen molar-refractivity contribution in [1.82, 2.24) is 4.90 Å². The Morgan fingerprint density at radius 2 is 1.90 bits per heavy atom. The molecule has 1 saturated heterocycles. The molecule has 0 aromatic heterocycles. The van der Waals surface area contributed by atoms with Gasteiger partial charge in [-0.05, 0) is 49.9 Å². The molecule has 2 aliphatic heterocycles. The molecule has 1 atom stereocenters. The maximum Gasteiger partial charge on any atom is 0.257 e. The largest absolute Gasteiger partial charge is 0.326 e. The zero-order chi connectivity index (χ0) is 21.5. The first kappa shape index (κ1) is 20.1. The smallest absolute Gasteiger partial charge is 0.257 e. The maximum absolute atomic E-state index is 13.3. The molecule has 2 heterocycles. The zero-order valence-electron chi connectivity index (χ0n) is 17.7. The van der Waals surface area contributed by atoms with Gasteiger partial charge in [0.25, 0.3) is 5.91 Å². The molecule has 1 fully saturated rings. The Labute approximate surface area is 176 Å². The molecule has 6 nitrogen and oxygen atoms in total. The number of hydrogen-bond acceptors (Lipinski definition) is 3. The molecule has 1 N–H and O–H groups in total. The predicted octanol–water partition coefficient (Wildman–Crippen LogP) is 3.89. The lowest BCUT2D eigenvalue weighted by Gasteiger charge is -2.48. The third kappa shape index (κ3) is 3.16. The highest BCUT2D eigenvalue weighted by Crippen LogP contribution is 2.44. The molecule has 30 heavy (non-hydrogen) atoms. The van der Waals surface area contributed by atoms with Crippen molar-refractivity contribution < 1.29 is 14.4 Å². The second-order valence-corrected chi connectivity index (χ2v) is 8.18. The molecule has 156 valence electrons. The van der Waals surface area contributed by atoms with Crippen LogP contribution in [0.5, 0.6) is 0 Å². The Hall–Kier alpha value is -3.15. The van der Waals surface area contributed by atoms with E-state index in [4.69, 9.17) is 0 Å². The number of para-hydroxylation sites is 2. The monoisotopic (exact) mass is 405 g/mol. The second kappa shape index (κ2) is 7.59. The van der Waals surface area contributed by atoms with Crippen molar-refractivity contribution in [3.05, 3.63) is 59.2 Å². The van der Waals surface area contributed by atoms with E-state index in [1.54, 1.807) is 21.9 Å². The van der Waals surface area contributed by atoms with E-state index in [1.165, 1.54) is 0 Å². The molecule has 3 amide bonds. The minimum atomic E-state index is -0.736. The van der Waals surface area contributed by atoms with Gasteiger partial charge in [0.05, 0.1) is 11.3 Å². The van der Waals surface area contributed by atoms with E-state index >= 15 is 0 Å². The fourth-order valence-electron chi connectivity index (χ4n) is 4.66. The lowest BCUT2D eigenvalue weighted by Crippen LogP contribution is -2.62. The van der Waals surface area contributed by atoms with Crippen molar-refractivity contribution in [2.24, 2.45) is 0 Å². The van der Waals surface area contributed by atoms with E-state index in [2.05, 4.69) is 12.2 Å². The lowest BCUT2D eigenvalue weighted by molar-refractivity contribution is -0.117. The summed E-state index contributed by atoms with van der Waals surface area (Å²) in [6, 6.07) is 13.2. The van der Waals surface area contributed by atoms with Gasteiger partial charge in [-0.1, -0.05) is 37.3 Å². The molecule has 0 bridgehead atoms. The number of nitrogens with one attached hydrogen (secondary N) is 1. The molecular weight excluding hydrogens is 378 g/mol. The molecule has 0 radical (unpaired) electrons. The summed E-state index contributed by atoms with van der Waals surface area (Å²) in [5.74, 6) is -0.249. The van der Waals surface area contributed by atoms with Gasteiger partial charge in [-0.15, -0.1) is 0 Å². The lowest BCUT2D eigenvalue weighted by atomic mass is 9.98. The summed E-state index contributed by atoms with van der Waals surface area (Å²) in [4.78, 5) is 42.1. The van der Waals surface area contributed by atoms with Crippen LogP contribution in [0.15, 0.2) is 42.5 Å². The van der Waals surface area contributed by atoms with Gasteiger partial charge in [-0.25, -0.2) is 0 Å². The van der Waals surface area contributed by atoms with Crippen molar-refractivity contribution in [3.8, 4) is 0 Å². The molecular formula is C24H27N3O3. The van der Waals surface area contributed by atoms with Crippen LogP contribution in [-0.4, -0.2) is 34.8 Å². The summed E-state index contributed by atoms with van der Waals surface area (Å²) >= 11 is 0. The summed E-state index contributed by atoms with van der Waals surface area (Å²) in [7, 11) is 0. The van der Waals surface area contributed by atoms with Gasteiger partial charge in [-0.3, -0.25) is 19.3 Å². The van der Waals surface area contributed by atoms with Crippen LogP contribution in [0.2, 0.25) is 0 Å². The number of rotatable bonds is 5. The molecule has 0 spiro atoms. The molecule has 6 heteroatoms. The highest BCUT2D eigenvalue weighted by atomic mass is 16.2. The fraction of sp³-hybridized carbons (Fsp3) is 0.375. The SMILES string of the molecule is CCc1cccc(C)c1NC(=O)CCN1C(=O)c2ccccc2N2C(=O)CCC12C. The Kier molecular flexibility index (Phi) is 5.10. The minimum Gasteiger partial charge on any atom is -0.326 e. The minimum absolute atomic E-state index is 0.0133. The number of nitrogens with zero attached hydrogens (tertiary/aromatic N) is 2. The van der Waals surface area contributed by atoms with Gasteiger partial charge in [0.15, 0.2) is 0 Å². The molecule has 2 aromatic carbocycles. The topological polar surface area (TPSA) is 69.7 Å². The highest BCUT2D eigenvalue weighted by Gasteiger charge is 2.52. The Morgan fingerprint density at radius 1 is 1.13 bits per heavy atom. The number of amides is 3. The number of carbonyl (C=O) groups excluding carboxylic acids is 3. The zero-order valence-corrected chi connectivity index (χ0v) is 17.7. The van der Waals surface area contributed by atoms with Crippen LogP contribution in [0.1, 0.15) is 54.6 Å². The maximum atomic E-state index is 13.3. The van der Waals surface area contributed by atoms with Gasteiger partial charge in [-0.2, -0.15) is 0 Å². The average Bonchev–Trinajstić information content (AvgIpc) is 3.04. The normalized spacial score (nSPS) is 20.2. The third-order valence-corrected chi connectivity index (χ3v) is 6.31. The van der Waals surface area contributed by atoms with Crippen molar-refractivity contribution in [1.29, 1.82) is 0 Å². The summed E-state index contributed by atoms with van der Waals surface area (Å²) in [6.45, 7) is 6.20. The molecule has 0 saturated carbocycles. The van der Waals surface area contributed by atoms with Gasteiger partial charge < -0.3 is 10.2 Å². The van der Waals surface area contributed by atoms with Gasteiger partial charge in [0, 0.05) is 25.1 Å². The van der Waals surface area contributed by atoms with E-state index in [0.29, 0.717) is 24.1 Å². The highest BCUT2D eigenvalue weighted by molar-refractivity contribution is 6.10. The Morgan fingerprint density at radius 3 is 2.67 bits per heavy atom. The molecule has 2 aliphatic rings. The van der Waals surface area contributed by atoms with Crippen LogP contribution in [0.4, 0.5) is 11.4 Å². The number of benzene rings is 2. The number of hydrogen-bond donors (Lipinski definition) is 1. The van der Waals surface area contributed by atoms with Crippen LogP contribution in [-0.2, 0) is 16.0 Å². The standard InChI is InChI=1S/C24H27N3O3/c1-4-17-9-7-8-16(2)22(17)25-20(28)13-15-26-23(30)18-10-5-6-11-19(18)27-21(29)12-14-24(26,27)3/h5-11H,4,12-15H2,1-3H3,(H,25,28). The van der Waals surface area contributed by atoms with Crippen LogP contribution in [0, 0.1) is 6.92 Å². The number of fused-ring (bicyclic) bond motifs is 3. The molecule has 1 unspecified atom stereocenters. The van der Waals surface area contributed by atoms with Crippen molar-refractivity contribution >= 4 is 29.1 Å². The van der Waals surface area contributed by atoms with E-state index in [9.17, 15) is 14.4 Å². The first-order valence-electron chi connectivity index (χ1n) is 10.5. The molecule has 2 aromatic rings. The molecule has 4 rings (SSSR count). The fourth-order valence-corrected chi connectivity index (χ4v) is 4.66. The van der Waals surface area contributed by atoms with Crippen LogP contribution in [0.25, 0.3) is 0 Å². The van der Waals surface area contributed by atoms with E-state index in [-0.39, 0.29) is 30.7 Å². The average molecular weight is 405 g/mol. The van der Waals surface area contributed by atoms with Crippen LogP contribution >= 0.6 is 0 Å². The third-order valence-electron chi connectivity index (χ3n) is 6.31. The van der Waals surface area contributed by atoms with E-state index in [0.717, 1.165) is 23.2 Å². The van der Waals surface area contributed by atoms with E-state index in [1.807, 2.05) is 44.2 Å². The number of aryl methyl sites for hydroxylation is 2. The number of carbonyl (C=O) groups is 3. The summed E-state index contributed by atoms with van der Waals surface area (Å²) in [5, 5.41) is 3.03. The van der Waals surface area contributed by atoms with Crippen LogP contribution in [0.3, 0.4) is 0 Å². The van der Waals surface area contributed by atoms with Crippen molar-refractivity contribution in [2.45, 2.75) is 52.1 Å². The van der Waals surface area contributed by atoms with Crippen LogP contribution < -0.4 is 10.2 Å². The summed E-state index contributed by atoms with van der Waals surface area (Å²) in [6.07, 6.45) is 1.95. The quantitative estimate of drug-likeness (QED) is 0.821. The van der Waals surface area contributed by atoms with Gasteiger partial charge >= 0.3 is 0 Å². The number of anilines is 2. The summed E-state index contributed by atoms with van der Waals surface area (Å²) in [5.41, 5.74) is 3.40. The van der Waals surface area contributed by atoms with Crippen molar-refractivity contribution in [2.75, 3.05) is 16.8 Å². The van der Waals surface area contributed by atoms with Gasteiger partial charge in [0.1, 0.15) is 5.66 Å². The first-order chi connectivity index (χ1) is 14.4. The summed E-state index contributed by atoms with van der Waals surface area (Å²) < 4.78 is 0. The van der Waals surface area contributed by atoms with Gasteiger partial charge in [0.2, 0.25) is 11.8 Å². The molecule has 0 aliphatic carbocycles.